The van der Waals surface area contributed by atoms with E-state index in [1.165, 1.54) is 12.5 Å². The van der Waals surface area contributed by atoms with Crippen LogP contribution < -0.4 is 10.6 Å². The highest BCUT2D eigenvalue weighted by molar-refractivity contribution is 5.88. The molecule has 2 N–H and O–H groups in total. The molecule has 0 aliphatic heterocycles. The molecule has 1 amide bonds. The van der Waals surface area contributed by atoms with E-state index in [1.807, 2.05) is 36.4 Å². The van der Waals surface area contributed by atoms with Crippen molar-refractivity contribution in [2.24, 2.45) is 0 Å². The first-order chi connectivity index (χ1) is 9.19. The Balaban J connectivity index is 2.13. The fourth-order valence-electron chi connectivity index (χ4n) is 1.95. The molecule has 2 aromatic carbocycles. The standard InChI is InChI=1S/C16H18N2O/c1-3-13-6-4-5-7-16(13)18-15-10-8-14(9-11-15)17-12(2)19/h4-11,18H,3H2,1-2H3,(H,17,19). The largest absolute Gasteiger partial charge is 0.355 e. The van der Waals surface area contributed by atoms with Gasteiger partial charge in [-0.2, -0.15) is 0 Å². The van der Waals surface area contributed by atoms with Crippen molar-refractivity contribution in [3.05, 3.63) is 54.1 Å². The van der Waals surface area contributed by atoms with Gasteiger partial charge < -0.3 is 10.6 Å². The first-order valence-electron chi connectivity index (χ1n) is 6.41. The normalized spacial score (nSPS) is 10.0. The molecular formula is C16H18N2O. The summed E-state index contributed by atoms with van der Waals surface area (Å²) in [6, 6.07) is 15.9. The summed E-state index contributed by atoms with van der Waals surface area (Å²) in [4.78, 5) is 10.9. The summed E-state index contributed by atoms with van der Waals surface area (Å²) >= 11 is 0. The molecule has 0 spiro atoms. The molecule has 0 heterocycles. The number of amides is 1. The van der Waals surface area contributed by atoms with E-state index in [2.05, 4.69) is 29.7 Å². The second-order valence-corrected chi connectivity index (χ2v) is 4.39. The second kappa shape index (κ2) is 6.05. The minimum Gasteiger partial charge on any atom is -0.355 e. The van der Waals surface area contributed by atoms with E-state index in [1.54, 1.807) is 0 Å². The van der Waals surface area contributed by atoms with E-state index in [4.69, 9.17) is 0 Å². The van der Waals surface area contributed by atoms with Gasteiger partial charge in [-0.3, -0.25) is 4.79 Å². The quantitative estimate of drug-likeness (QED) is 0.867. The lowest BCUT2D eigenvalue weighted by Gasteiger charge is -2.11. The molecule has 0 saturated heterocycles. The maximum atomic E-state index is 10.9. The van der Waals surface area contributed by atoms with Crippen LogP contribution in [0, 0.1) is 0 Å². The summed E-state index contributed by atoms with van der Waals surface area (Å²) in [5, 5.41) is 6.14. The highest BCUT2D eigenvalue weighted by Gasteiger charge is 2.00. The maximum absolute atomic E-state index is 10.9. The number of carbonyl (C=O) groups is 1. The highest BCUT2D eigenvalue weighted by Crippen LogP contribution is 2.22. The minimum atomic E-state index is -0.0583. The number of aryl methyl sites for hydroxylation is 1. The third-order valence-corrected chi connectivity index (χ3v) is 2.88. The zero-order valence-electron chi connectivity index (χ0n) is 11.2. The second-order valence-electron chi connectivity index (χ2n) is 4.39. The van der Waals surface area contributed by atoms with Gasteiger partial charge in [-0.1, -0.05) is 25.1 Å². The monoisotopic (exact) mass is 254 g/mol. The van der Waals surface area contributed by atoms with Gasteiger partial charge in [0, 0.05) is 24.0 Å². The molecule has 0 radical (unpaired) electrons. The number of nitrogens with one attached hydrogen (secondary N) is 2. The highest BCUT2D eigenvalue weighted by atomic mass is 16.1. The van der Waals surface area contributed by atoms with Crippen molar-refractivity contribution in [2.75, 3.05) is 10.6 Å². The van der Waals surface area contributed by atoms with Gasteiger partial charge in [-0.25, -0.2) is 0 Å². The lowest BCUT2D eigenvalue weighted by atomic mass is 10.1. The molecule has 0 atom stereocenters. The number of carbonyl (C=O) groups excluding carboxylic acids is 1. The number of para-hydroxylation sites is 1. The number of hydrogen-bond donors (Lipinski definition) is 2. The van der Waals surface area contributed by atoms with E-state index in [0.717, 1.165) is 23.5 Å². The van der Waals surface area contributed by atoms with Crippen LogP contribution in [-0.4, -0.2) is 5.91 Å². The zero-order chi connectivity index (χ0) is 13.7. The molecule has 2 aromatic rings. The van der Waals surface area contributed by atoms with Gasteiger partial charge in [-0.15, -0.1) is 0 Å². The third kappa shape index (κ3) is 3.58. The first kappa shape index (κ1) is 13.1. The molecule has 0 aliphatic carbocycles. The van der Waals surface area contributed by atoms with Gasteiger partial charge in [0.15, 0.2) is 0 Å². The Morgan fingerprint density at radius 2 is 1.63 bits per heavy atom. The molecule has 0 fully saturated rings. The van der Waals surface area contributed by atoms with E-state index >= 15 is 0 Å². The van der Waals surface area contributed by atoms with E-state index in [-0.39, 0.29) is 5.91 Å². The van der Waals surface area contributed by atoms with Crippen molar-refractivity contribution in [1.82, 2.24) is 0 Å². The number of hydrogen-bond acceptors (Lipinski definition) is 2. The Kier molecular flexibility index (Phi) is 4.18. The van der Waals surface area contributed by atoms with Crippen molar-refractivity contribution in [1.29, 1.82) is 0 Å². The van der Waals surface area contributed by atoms with Gasteiger partial charge in [0.1, 0.15) is 0 Å². The summed E-state index contributed by atoms with van der Waals surface area (Å²) in [5.41, 5.74) is 4.22. The van der Waals surface area contributed by atoms with Crippen LogP contribution in [0.4, 0.5) is 17.1 Å². The van der Waals surface area contributed by atoms with Crippen LogP contribution in [0.1, 0.15) is 19.4 Å². The molecular weight excluding hydrogens is 236 g/mol. The Morgan fingerprint density at radius 3 is 2.26 bits per heavy atom. The Morgan fingerprint density at radius 1 is 1.00 bits per heavy atom. The predicted molar refractivity (Wildman–Crippen MR) is 79.8 cm³/mol. The fourth-order valence-corrected chi connectivity index (χ4v) is 1.95. The van der Waals surface area contributed by atoms with Crippen LogP contribution in [0.5, 0.6) is 0 Å². The molecule has 3 heteroatoms. The van der Waals surface area contributed by atoms with Crippen molar-refractivity contribution in [3.63, 3.8) is 0 Å². The zero-order valence-corrected chi connectivity index (χ0v) is 11.2. The van der Waals surface area contributed by atoms with Crippen molar-refractivity contribution >= 4 is 23.0 Å². The third-order valence-electron chi connectivity index (χ3n) is 2.88. The molecule has 3 nitrogen and oxygen atoms in total. The topological polar surface area (TPSA) is 41.1 Å². The molecule has 2 rings (SSSR count). The van der Waals surface area contributed by atoms with Crippen molar-refractivity contribution in [2.45, 2.75) is 20.3 Å². The van der Waals surface area contributed by atoms with Gasteiger partial charge in [-0.05, 0) is 42.3 Å². The van der Waals surface area contributed by atoms with Gasteiger partial charge in [0.25, 0.3) is 0 Å². The van der Waals surface area contributed by atoms with Crippen LogP contribution in [-0.2, 0) is 11.2 Å². The van der Waals surface area contributed by atoms with E-state index in [0.29, 0.717) is 0 Å². The predicted octanol–water partition coefficient (Wildman–Crippen LogP) is 3.95. The summed E-state index contributed by atoms with van der Waals surface area (Å²) in [7, 11) is 0. The van der Waals surface area contributed by atoms with Crippen LogP contribution in [0.25, 0.3) is 0 Å². The average molecular weight is 254 g/mol. The molecule has 0 aliphatic rings. The Hall–Kier alpha value is -2.29. The van der Waals surface area contributed by atoms with Crippen LogP contribution in [0.2, 0.25) is 0 Å². The van der Waals surface area contributed by atoms with Crippen molar-refractivity contribution < 1.29 is 4.79 Å². The van der Waals surface area contributed by atoms with Crippen LogP contribution >= 0.6 is 0 Å². The first-order valence-corrected chi connectivity index (χ1v) is 6.41. The molecule has 0 unspecified atom stereocenters. The van der Waals surface area contributed by atoms with Crippen LogP contribution in [0.15, 0.2) is 48.5 Å². The Labute approximate surface area is 113 Å². The van der Waals surface area contributed by atoms with Crippen LogP contribution in [0.3, 0.4) is 0 Å². The molecule has 98 valence electrons. The van der Waals surface area contributed by atoms with Gasteiger partial charge in [0.05, 0.1) is 0 Å². The maximum Gasteiger partial charge on any atom is 0.221 e. The average Bonchev–Trinajstić information content (AvgIpc) is 2.41. The Bertz CT molecular complexity index is 561. The number of anilines is 3. The molecule has 19 heavy (non-hydrogen) atoms. The lowest BCUT2D eigenvalue weighted by Crippen LogP contribution is -2.05. The summed E-state index contributed by atoms with van der Waals surface area (Å²) < 4.78 is 0. The molecule has 0 aromatic heterocycles. The van der Waals surface area contributed by atoms with E-state index in [9.17, 15) is 4.79 Å². The fraction of sp³-hybridized carbons (Fsp3) is 0.188. The summed E-state index contributed by atoms with van der Waals surface area (Å²) in [5.74, 6) is -0.0583. The van der Waals surface area contributed by atoms with Gasteiger partial charge >= 0.3 is 0 Å². The number of rotatable bonds is 4. The SMILES string of the molecule is CCc1ccccc1Nc1ccc(NC(C)=O)cc1. The minimum absolute atomic E-state index is 0.0583. The molecule has 0 saturated carbocycles. The van der Waals surface area contributed by atoms with Gasteiger partial charge in [0.2, 0.25) is 5.91 Å². The number of benzene rings is 2. The lowest BCUT2D eigenvalue weighted by molar-refractivity contribution is -0.114. The van der Waals surface area contributed by atoms with Crippen molar-refractivity contribution in [3.8, 4) is 0 Å². The summed E-state index contributed by atoms with van der Waals surface area (Å²) in [6.45, 7) is 3.64. The summed E-state index contributed by atoms with van der Waals surface area (Å²) in [6.07, 6.45) is 0.993. The molecule has 0 bridgehead atoms. The van der Waals surface area contributed by atoms with E-state index < -0.39 is 0 Å². The smallest absolute Gasteiger partial charge is 0.221 e.